The van der Waals surface area contributed by atoms with Gasteiger partial charge in [0.25, 0.3) is 0 Å². The molecule has 25 heavy (non-hydrogen) atoms. The molecule has 3 N–H and O–H groups in total. The van der Waals surface area contributed by atoms with E-state index in [0.29, 0.717) is 6.54 Å². The maximum absolute atomic E-state index is 12.1. The summed E-state index contributed by atoms with van der Waals surface area (Å²) in [6.45, 7) is 1.52. The lowest BCUT2D eigenvalue weighted by Crippen LogP contribution is -2.48. The van der Waals surface area contributed by atoms with Crippen molar-refractivity contribution in [1.29, 1.82) is 0 Å². The van der Waals surface area contributed by atoms with Crippen molar-refractivity contribution in [1.82, 2.24) is 10.6 Å². The Labute approximate surface area is 147 Å². The van der Waals surface area contributed by atoms with Crippen LogP contribution in [0, 0.1) is 0 Å². The van der Waals surface area contributed by atoms with E-state index in [4.69, 9.17) is 9.47 Å². The van der Waals surface area contributed by atoms with E-state index in [0.717, 1.165) is 11.3 Å². The number of methoxy groups -OCH3 is 1. The van der Waals surface area contributed by atoms with Gasteiger partial charge in [-0.15, -0.1) is 0 Å². The number of nitrogens with one attached hydrogen (secondary N) is 2. The van der Waals surface area contributed by atoms with Crippen LogP contribution in [0.3, 0.4) is 0 Å². The monoisotopic (exact) mass is 348 g/mol. The Hall–Kier alpha value is -2.38. The van der Waals surface area contributed by atoms with Gasteiger partial charge in [-0.2, -0.15) is 0 Å². The molecule has 0 spiro atoms. The van der Waals surface area contributed by atoms with Crippen molar-refractivity contribution >= 4 is 11.8 Å². The fraction of sp³-hybridized carbons (Fsp3) is 0.444. The largest absolute Gasteiger partial charge is 0.496 e. The van der Waals surface area contributed by atoms with Gasteiger partial charge >= 0.3 is 0 Å². The lowest BCUT2D eigenvalue weighted by Gasteiger charge is -2.31. The molecular weight excluding hydrogens is 324 g/mol. The van der Waals surface area contributed by atoms with Crippen LogP contribution in [0.25, 0.3) is 0 Å². The van der Waals surface area contributed by atoms with Crippen LogP contribution < -0.4 is 15.4 Å². The Morgan fingerprint density at radius 2 is 2.04 bits per heavy atom. The summed E-state index contributed by atoms with van der Waals surface area (Å²) in [6, 6.07) is 7.07. The van der Waals surface area contributed by atoms with Crippen LogP contribution in [0.1, 0.15) is 18.9 Å². The Bertz CT molecular complexity index is 632. The minimum Gasteiger partial charge on any atom is -0.496 e. The summed E-state index contributed by atoms with van der Waals surface area (Å²) in [5, 5.41) is 14.9. The summed E-state index contributed by atoms with van der Waals surface area (Å²) in [4.78, 5) is 23.3. The number of hydrogen-bond donors (Lipinski definition) is 3. The molecule has 136 valence electrons. The number of aliphatic hydroxyl groups excluding tert-OH is 1. The van der Waals surface area contributed by atoms with Crippen LogP contribution in [-0.2, 0) is 20.9 Å². The zero-order valence-electron chi connectivity index (χ0n) is 14.4. The average molecular weight is 348 g/mol. The number of para-hydroxylation sites is 1. The number of amides is 2. The molecule has 0 fully saturated rings. The number of rotatable bonds is 7. The van der Waals surface area contributed by atoms with E-state index >= 15 is 0 Å². The van der Waals surface area contributed by atoms with Crippen molar-refractivity contribution in [2.24, 2.45) is 0 Å². The van der Waals surface area contributed by atoms with Crippen LogP contribution in [0.5, 0.6) is 5.75 Å². The molecule has 2 amide bonds. The highest BCUT2D eigenvalue weighted by Crippen LogP contribution is 2.18. The predicted octanol–water partition coefficient (Wildman–Crippen LogP) is 0.522. The van der Waals surface area contributed by atoms with E-state index in [1.54, 1.807) is 19.3 Å². The SMILES string of the molecule is COc1ccccc1CNC(=O)C[C@H]1C=C[C@@H](NC(C)=O)[C@@H](CO)O1. The standard InChI is InChI=1S/C18H24N2O5/c1-12(22)20-15-8-7-14(25-17(15)11-21)9-18(23)19-10-13-5-3-4-6-16(13)24-2/h3-8,14-15,17,21H,9-11H2,1-2H3,(H,19,23)(H,20,22)/t14-,15-,17-/m1/s1. The van der Waals surface area contributed by atoms with Gasteiger partial charge in [0.05, 0.1) is 32.3 Å². The number of ether oxygens (including phenoxy) is 2. The number of carbonyl (C=O) groups excluding carboxylic acids is 2. The molecule has 0 aliphatic carbocycles. The first-order valence-electron chi connectivity index (χ1n) is 8.13. The summed E-state index contributed by atoms with van der Waals surface area (Å²) in [7, 11) is 1.59. The van der Waals surface area contributed by atoms with Gasteiger partial charge in [0.15, 0.2) is 0 Å². The van der Waals surface area contributed by atoms with Crippen LogP contribution in [-0.4, -0.2) is 48.9 Å². The average Bonchev–Trinajstić information content (AvgIpc) is 2.61. The summed E-state index contributed by atoms with van der Waals surface area (Å²) in [5.74, 6) is 0.343. The Morgan fingerprint density at radius 3 is 2.72 bits per heavy atom. The number of carbonyl (C=O) groups is 2. The molecule has 1 heterocycles. The third-order valence-electron chi connectivity index (χ3n) is 3.89. The topological polar surface area (TPSA) is 96.9 Å². The Kier molecular flexibility index (Phi) is 6.97. The lowest BCUT2D eigenvalue weighted by molar-refractivity contribution is -0.127. The van der Waals surface area contributed by atoms with Crippen molar-refractivity contribution < 1.29 is 24.2 Å². The van der Waals surface area contributed by atoms with Crippen LogP contribution in [0.4, 0.5) is 0 Å². The molecule has 0 bridgehead atoms. The second-order valence-corrected chi connectivity index (χ2v) is 5.80. The number of benzene rings is 1. The van der Waals surface area contributed by atoms with E-state index in [9.17, 15) is 14.7 Å². The minimum absolute atomic E-state index is 0.134. The van der Waals surface area contributed by atoms with Gasteiger partial charge in [-0.05, 0) is 6.07 Å². The Morgan fingerprint density at radius 1 is 1.28 bits per heavy atom. The molecule has 0 saturated carbocycles. The van der Waals surface area contributed by atoms with E-state index in [2.05, 4.69) is 10.6 Å². The molecule has 7 nitrogen and oxygen atoms in total. The highest BCUT2D eigenvalue weighted by atomic mass is 16.5. The normalized spacial score (nSPS) is 22.3. The molecule has 0 radical (unpaired) electrons. The van der Waals surface area contributed by atoms with Gasteiger partial charge in [0.1, 0.15) is 11.9 Å². The molecule has 1 aliphatic rings. The van der Waals surface area contributed by atoms with E-state index in [1.165, 1.54) is 6.92 Å². The first kappa shape index (κ1) is 19.0. The summed E-state index contributed by atoms with van der Waals surface area (Å²) in [5.41, 5.74) is 0.886. The van der Waals surface area contributed by atoms with Gasteiger partial charge in [0, 0.05) is 19.0 Å². The molecule has 2 rings (SSSR count). The van der Waals surface area contributed by atoms with Gasteiger partial charge in [-0.3, -0.25) is 9.59 Å². The molecule has 1 aromatic rings. The third kappa shape index (κ3) is 5.58. The van der Waals surface area contributed by atoms with Crippen molar-refractivity contribution in [3.63, 3.8) is 0 Å². The zero-order chi connectivity index (χ0) is 18.2. The third-order valence-corrected chi connectivity index (χ3v) is 3.89. The fourth-order valence-corrected chi connectivity index (χ4v) is 2.67. The maximum atomic E-state index is 12.1. The van der Waals surface area contributed by atoms with Crippen molar-refractivity contribution in [2.75, 3.05) is 13.7 Å². The highest BCUT2D eigenvalue weighted by molar-refractivity contribution is 5.77. The first-order valence-corrected chi connectivity index (χ1v) is 8.13. The summed E-state index contributed by atoms with van der Waals surface area (Å²) >= 11 is 0. The fourth-order valence-electron chi connectivity index (χ4n) is 2.67. The highest BCUT2D eigenvalue weighted by Gasteiger charge is 2.28. The zero-order valence-corrected chi connectivity index (χ0v) is 14.4. The molecular formula is C18H24N2O5. The maximum Gasteiger partial charge on any atom is 0.223 e. The molecule has 1 aromatic carbocycles. The molecule has 7 heteroatoms. The second kappa shape index (κ2) is 9.19. The predicted molar refractivity (Wildman–Crippen MR) is 91.9 cm³/mol. The molecule has 3 atom stereocenters. The summed E-state index contributed by atoms with van der Waals surface area (Å²) < 4.78 is 10.9. The lowest BCUT2D eigenvalue weighted by atomic mass is 10.0. The van der Waals surface area contributed by atoms with Crippen molar-refractivity contribution in [3.8, 4) is 5.75 Å². The Balaban J connectivity index is 1.87. The van der Waals surface area contributed by atoms with E-state index < -0.39 is 18.2 Å². The smallest absolute Gasteiger partial charge is 0.223 e. The van der Waals surface area contributed by atoms with Gasteiger partial charge < -0.3 is 25.2 Å². The van der Waals surface area contributed by atoms with Crippen LogP contribution in [0.2, 0.25) is 0 Å². The molecule has 0 saturated heterocycles. The number of aliphatic hydroxyl groups is 1. The van der Waals surface area contributed by atoms with Crippen molar-refractivity contribution in [2.45, 2.75) is 38.1 Å². The van der Waals surface area contributed by atoms with Gasteiger partial charge in [0.2, 0.25) is 11.8 Å². The van der Waals surface area contributed by atoms with Crippen LogP contribution in [0.15, 0.2) is 36.4 Å². The van der Waals surface area contributed by atoms with Crippen molar-refractivity contribution in [3.05, 3.63) is 42.0 Å². The van der Waals surface area contributed by atoms with Crippen LogP contribution >= 0.6 is 0 Å². The van der Waals surface area contributed by atoms with E-state index in [1.807, 2.05) is 24.3 Å². The first-order chi connectivity index (χ1) is 12.0. The second-order valence-electron chi connectivity index (χ2n) is 5.80. The molecule has 0 aromatic heterocycles. The quantitative estimate of drug-likeness (QED) is 0.624. The molecule has 0 unspecified atom stereocenters. The minimum atomic E-state index is -0.569. The number of hydrogen-bond acceptors (Lipinski definition) is 5. The van der Waals surface area contributed by atoms with E-state index in [-0.39, 0.29) is 24.8 Å². The van der Waals surface area contributed by atoms with Gasteiger partial charge in [-0.25, -0.2) is 0 Å². The summed E-state index contributed by atoms with van der Waals surface area (Å²) in [6.07, 6.45) is 2.61. The molecule has 1 aliphatic heterocycles. The van der Waals surface area contributed by atoms with Gasteiger partial charge in [-0.1, -0.05) is 30.4 Å².